The minimum atomic E-state index is -0.777. The summed E-state index contributed by atoms with van der Waals surface area (Å²) < 4.78 is 11.3. The lowest BCUT2D eigenvalue weighted by atomic mass is 9.87. The molecule has 8 heteroatoms. The molecule has 0 radical (unpaired) electrons. The van der Waals surface area contributed by atoms with Gasteiger partial charge >= 0.3 is 6.03 Å². The van der Waals surface area contributed by atoms with Crippen LogP contribution >= 0.6 is 0 Å². The van der Waals surface area contributed by atoms with Gasteiger partial charge in [-0.1, -0.05) is 84.9 Å². The van der Waals surface area contributed by atoms with Gasteiger partial charge in [0.25, 0.3) is 5.91 Å². The van der Waals surface area contributed by atoms with E-state index in [-0.39, 0.29) is 18.3 Å². The highest BCUT2D eigenvalue weighted by Gasteiger charge is 2.34. The van der Waals surface area contributed by atoms with E-state index in [1.807, 2.05) is 54.6 Å². The molecular weight excluding hydrogens is 506 g/mol. The van der Waals surface area contributed by atoms with Gasteiger partial charge in [-0.2, -0.15) is 0 Å². The second kappa shape index (κ2) is 12.0. The minimum Gasteiger partial charge on any atom is -0.493 e. The average Bonchev–Trinajstić information content (AvgIpc) is 3.00. The number of methoxy groups -OCH3 is 1. The van der Waals surface area contributed by atoms with Crippen LogP contribution in [0.25, 0.3) is 5.70 Å². The number of carbonyl (C=O) groups excluding carboxylic acids is 3. The molecule has 3 N–H and O–H groups in total. The van der Waals surface area contributed by atoms with Gasteiger partial charge in [-0.05, 0) is 35.4 Å². The Morgan fingerprint density at radius 2 is 1.48 bits per heavy atom. The van der Waals surface area contributed by atoms with Crippen LogP contribution in [0, 0.1) is 0 Å². The zero-order valence-corrected chi connectivity index (χ0v) is 21.7. The number of rotatable bonds is 9. The molecule has 1 atom stereocenters. The molecule has 200 valence electrons. The maximum Gasteiger partial charge on any atom is 0.320 e. The highest BCUT2D eigenvalue weighted by atomic mass is 16.5. The van der Waals surface area contributed by atoms with Gasteiger partial charge in [0.05, 0.1) is 24.4 Å². The number of Topliss-reactive ketones (excluding diaryl/α,β-unsaturated/α-hetero) is 1. The highest BCUT2D eigenvalue weighted by molar-refractivity contribution is 6.16. The Morgan fingerprint density at radius 3 is 2.15 bits per heavy atom. The fourth-order valence-corrected chi connectivity index (χ4v) is 4.48. The fraction of sp³-hybridized carbons (Fsp3) is 0.0938. The van der Waals surface area contributed by atoms with Gasteiger partial charge in [-0.3, -0.25) is 9.59 Å². The van der Waals surface area contributed by atoms with Gasteiger partial charge in [-0.25, -0.2) is 4.79 Å². The molecule has 0 spiro atoms. The number of hydrogen-bond acceptors (Lipinski definition) is 5. The predicted octanol–water partition coefficient (Wildman–Crippen LogP) is 5.36. The van der Waals surface area contributed by atoms with Gasteiger partial charge in [-0.15, -0.1) is 0 Å². The summed E-state index contributed by atoms with van der Waals surface area (Å²) in [5, 5.41) is 8.50. The standard InChI is InChI=1S/C32H27N3O5/c1-39-26-19-23(17-18-25(26)40-20-27(36)33-24-15-9-4-10-16-24)30-28(31(37)22-13-7-3-8-14-22)29(34-32(38)35-30)21-11-5-2-6-12-21/h2-19,30H,20H2,1H3,(H,33,36)(H2,34,35,38)/t30-/m0/s1. The zero-order chi connectivity index (χ0) is 27.9. The van der Waals surface area contributed by atoms with Crippen LogP contribution in [0.5, 0.6) is 11.5 Å². The average molecular weight is 534 g/mol. The topological polar surface area (TPSA) is 106 Å². The van der Waals surface area contributed by atoms with Gasteiger partial charge in [0, 0.05) is 11.3 Å². The van der Waals surface area contributed by atoms with Crippen LogP contribution in [-0.2, 0) is 4.79 Å². The normalized spacial score (nSPS) is 14.5. The SMILES string of the molecule is COc1cc([C@@H]2NC(=O)NC(c3ccccc3)=C2C(=O)c2ccccc2)ccc1OCC(=O)Nc1ccccc1. The summed E-state index contributed by atoms with van der Waals surface area (Å²) in [6.45, 7) is -0.232. The summed E-state index contributed by atoms with van der Waals surface area (Å²) in [7, 11) is 1.48. The molecule has 1 aliphatic rings. The third-order valence-electron chi connectivity index (χ3n) is 6.35. The number of ketones is 1. The quantitative estimate of drug-likeness (QED) is 0.251. The number of carbonyl (C=O) groups is 3. The van der Waals surface area contributed by atoms with Crippen molar-refractivity contribution in [3.63, 3.8) is 0 Å². The molecule has 8 nitrogen and oxygen atoms in total. The molecule has 5 rings (SSSR count). The highest BCUT2D eigenvalue weighted by Crippen LogP contribution is 2.37. The van der Waals surface area contributed by atoms with Crippen LogP contribution in [-0.4, -0.2) is 31.4 Å². The number of hydrogen-bond donors (Lipinski definition) is 3. The van der Waals surface area contributed by atoms with Crippen molar-refractivity contribution in [3.8, 4) is 11.5 Å². The molecular formula is C32H27N3O5. The van der Waals surface area contributed by atoms with E-state index in [1.165, 1.54) is 7.11 Å². The predicted molar refractivity (Wildman–Crippen MR) is 152 cm³/mol. The van der Waals surface area contributed by atoms with Crippen LogP contribution in [0.15, 0.2) is 115 Å². The number of urea groups is 1. The Morgan fingerprint density at radius 1 is 0.825 bits per heavy atom. The molecule has 3 amide bonds. The lowest BCUT2D eigenvalue weighted by Crippen LogP contribution is -2.45. The molecule has 0 saturated carbocycles. The van der Waals surface area contributed by atoms with Crippen molar-refractivity contribution in [3.05, 3.63) is 131 Å². The lowest BCUT2D eigenvalue weighted by Gasteiger charge is -2.30. The maximum atomic E-state index is 13.9. The van der Waals surface area contributed by atoms with Crippen molar-refractivity contribution < 1.29 is 23.9 Å². The van der Waals surface area contributed by atoms with Crippen molar-refractivity contribution in [1.29, 1.82) is 0 Å². The van der Waals surface area contributed by atoms with Crippen LogP contribution in [0.2, 0.25) is 0 Å². The third-order valence-corrected chi connectivity index (χ3v) is 6.35. The van der Waals surface area contributed by atoms with Gasteiger partial charge in [0.15, 0.2) is 23.9 Å². The van der Waals surface area contributed by atoms with Gasteiger partial charge < -0.3 is 25.4 Å². The molecule has 0 unspecified atom stereocenters. The number of para-hydroxylation sites is 1. The largest absolute Gasteiger partial charge is 0.493 e. The number of amides is 3. The Bertz CT molecular complexity index is 1550. The number of anilines is 1. The van der Waals surface area contributed by atoms with E-state index in [2.05, 4.69) is 16.0 Å². The number of ether oxygens (including phenoxy) is 2. The van der Waals surface area contributed by atoms with Gasteiger partial charge in [0.2, 0.25) is 0 Å². The Kier molecular flexibility index (Phi) is 7.87. The van der Waals surface area contributed by atoms with Crippen LogP contribution in [0.1, 0.15) is 27.5 Å². The molecule has 0 aromatic heterocycles. The van der Waals surface area contributed by atoms with Crippen molar-refractivity contribution >= 4 is 29.1 Å². The summed E-state index contributed by atoms with van der Waals surface area (Å²) in [6.07, 6.45) is 0. The van der Waals surface area contributed by atoms with E-state index in [0.29, 0.717) is 45.1 Å². The maximum absolute atomic E-state index is 13.9. The first-order chi connectivity index (χ1) is 19.5. The Labute approximate surface area is 231 Å². The van der Waals surface area contributed by atoms with E-state index in [4.69, 9.17) is 9.47 Å². The molecule has 0 saturated heterocycles. The minimum absolute atomic E-state index is 0.228. The zero-order valence-electron chi connectivity index (χ0n) is 21.7. The molecule has 1 aliphatic heterocycles. The molecule has 4 aromatic carbocycles. The van der Waals surface area contributed by atoms with Crippen molar-refractivity contribution in [1.82, 2.24) is 10.6 Å². The van der Waals surface area contributed by atoms with E-state index < -0.39 is 12.1 Å². The first-order valence-electron chi connectivity index (χ1n) is 12.7. The summed E-state index contributed by atoms with van der Waals surface area (Å²) in [5.41, 5.74) is 3.29. The summed E-state index contributed by atoms with van der Waals surface area (Å²) in [6, 6.07) is 31.1. The molecule has 40 heavy (non-hydrogen) atoms. The molecule has 0 bridgehead atoms. The Balaban J connectivity index is 1.47. The lowest BCUT2D eigenvalue weighted by molar-refractivity contribution is -0.118. The second-order valence-electron chi connectivity index (χ2n) is 8.99. The van der Waals surface area contributed by atoms with E-state index >= 15 is 0 Å². The van der Waals surface area contributed by atoms with E-state index in [1.54, 1.807) is 54.6 Å². The summed E-state index contributed by atoms with van der Waals surface area (Å²) >= 11 is 0. The monoisotopic (exact) mass is 533 g/mol. The number of nitrogens with one attached hydrogen (secondary N) is 3. The van der Waals surface area contributed by atoms with Crippen LogP contribution < -0.4 is 25.4 Å². The van der Waals surface area contributed by atoms with E-state index in [0.717, 1.165) is 0 Å². The molecule has 0 aliphatic carbocycles. The molecule has 0 fully saturated rings. The smallest absolute Gasteiger partial charge is 0.320 e. The number of benzene rings is 4. The first-order valence-corrected chi connectivity index (χ1v) is 12.7. The van der Waals surface area contributed by atoms with Crippen molar-refractivity contribution in [2.24, 2.45) is 0 Å². The Hall–Kier alpha value is -5.37. The van der Waals surface area contributed by atoms with Crippen LogP contribution in [0.3, 0.4) is 0 Å². The third kappa shape index (κ3) is 5.86. The van der Waals surface area contributed by atoms with E-state index in [9.17, 15) is 14.4 Å². The van der Waals surface area contributed by atoms with Crippen LogP contribution in [0.4, 0.5) is 10.5 Å². The summed E-state index contributed by atoms with van der Waals surface area (Å²) in [5.74, 6) is 0.145. The summed E-state index contributed by atoms with van der Waals surface area (Å²) in [4.78, 5) is 39.1. The van der Waals surface area contributed by atoms with Crippen molar-refractivity contribution in [2.45, 2.75) is 6.04 Å². The van der Waals surface area contributed by atoms with Crippen molar-refractivity contribution in [2.75, 3.05) is 19.0 Å². The van der Waals surface area contributed by atoms with Gasteiger partial charge in [0.1, 0.15) is 0 Å². The molecule has 4 aromatic rings. The fourth-order valence-electron chi connectivity index (χ4n) is 4.48. The second-order valence-corrected chi connectivity index (χ2v) is 8.99. The first kappa shape index (κ1) is 26.2. The molecule has 1 heterocycles.